The molecule has 0 fully saturated rings. The molecule has 2 aromatic heterocycles. The van der Waals surface area contributed by atoms with Crippen LogP contribution in [0.4, 0.5) is 18.9 Å². The summed E-state index contributed by atoms with van der Waals surface area (Å²) in [5, 5.41) is 10.2. The number of rotatable bonds is 5. The number of nitrogens with one attached hydrogen (secondary N) is 1. The molecule has 0 aliphatic heterocycles. The molecule has 0 aliphatic rings. The number of alkyl halides is 3. The first-order valence-corrected chi connectivity index (χ1v) is 8.81. The quantitative estimate of drug-likeness (QED) is 0.638. The molecular weight excluding hydrogens is 403 g/mol. The van der Waals surface area contributed by atoms with Gasteiger partial charge in [0, 0.05) is 11.9 Å². The topological polar surface area (TPSA) is 72.7 Å². The van der Waals surface area contributed by atoms with E-state index in [2.05, 4.69) is 20.5 Å². The third kappa shape index (κ3) is 4.77. The van der Waals surface area contributed by atoms with E-state index in [0.29, 0.717) is 5.16 Å². The minimum absolute atomic E-state index is 0.00560. The van der Waals surface area contributed by atoms with Crippen LogP contribution in [-0.4, -0.2) is 31.4 Å². The zero-order valence-electron chi connectivity index (χ0n) is 13.4. The average molecular weight is 414 g/mol. The number of thioether (sulfide) groups is 1. The SMILES string of the molecule is O=C(CSc1nncn1-c1cccnc1)Nc1ccc(Cl)c(C(F)(F)F)c1. The van der Waals surface area contributed by atoms with Gasteiger partial charge in [-0.3, -0.25) is 14.3 Å². The molecule has 1 N–H and O–H groups in total. The van der Waals surface area contributed by atoms with Crippen LogP contribution < -0.4 is 5.32 Å². The van der Waals surface area contributed by atoms with E-state index in [0.717, 1.165) is 29.6 Å². The van der Waals surface area contributed by atoms with E-state index in [9.17, 15) is 18.0 Å². The monoisotopic (exact) mass is 413 g/mol. The van der Waals surface area contributed by atoms with E-state index in [1.54, 1.807) is 29.1 Å². The number of benzene rings is 1. The fourth-order valence-electron chi connectivity index (χ4n) is 2.14. The van der Waals surface area contributed by atoms with Gasteiger partial charge in [0.15, 0.2) is 5.16 Å². The van der Waals surface area contributed by atoms with Crippen molar-refractivity contribution >= 4 is 35.0 Å². The summed E-state index contributed by atoms with van der Waals surface area (Å²) in [5.41, 5.74) is -0.282. The summed E-state index contributed by atoms with van der Waals surface area (Å²) >= 11 is 6.65. The van der Waals surface area contributed by atoms with Gasteiger partial charge < -0.3 is 5.32 Å². The number of aromatic nitrogens is 4. The van der Waals surface area contributed by atoms with Crippen LogP contribution in [0.15, 0.2) is 54.2 Å². The number of hydrogen-bond acceptors (Lipinski definition) is 5. The van der Waals surface area contributed by atoms with Gasteiger partial charge in [0.2, 0.25) is 5.91 Å². The van der Waals surface area contributed by atoms with E-state index < -0.39 is 22.7 Å². The second kappa shape index (κ2) is 7.97. The summed E-state index contributed by atoms with van der Waals surface area (Å²) in [6.45, 7) is 0. The standard InChI is InChI=1S/C16H11ClF3N5OS/c17-13-4-3-10(6-12(13)16(18,19)20)23-14(26)8-27-15-24-22-9-25(15)11-2-1-5-21-7-11/h1-7,9H,8H2,(H,23,26). The third-order valence-electron chi connectivity index (χ3n) is 3.33. The molecule has 3 rings (SSSR count). The number of anilines is 1. The molecule has 0 aliphatic carbocycles. The lowest BCUT2D eigenvalue weighted by atomic mass is 10.2. The van der Waals surface area contributed by atoms with Crippen molar-refractivity contribution in [1.82, 2.24) is 19.7 Å². The molecule has 3 aromatic rings. The van der Waals surface area contributed by atoms with E-state index >= 15 is 0 Å². The highest BCUT2D eigenvalue weighted by Crippen LogP contribution is 2.36. The summed E-state index contributed by atoms with van der Waals surface area (Å²) in [7, 11) is 0. The number of carbonyl (C=O) groups excluding carboxylic acids is 1. The van der Waals surface area contributed by atoms with Gasteiger partial charge in [-0.2, -0.15) is 13.2 Å². The maximum absolute atomic E-state index is 12.9. The Morgan fingerprint density at radius 1 is 1.30 bits per heavy atom. The second-order valence-corrected chi connectivity index (χ2v) is 6.57. The lowest BCUT2D eigenvalue weighted by Crippen LogP contribution is -2.15. The van der Waals surface area contributed by atoms with Crippen LogP contribution in [0, 0.1) is 0 Å². The Bertz CT molecular complexity index is 949. The number of hydrogen-bond donors (Lipinski definition) is 1. The number of pyridine rings is 1. The zero-order valence-corrected chi connectivity index (χ0v) is 15.0. The first-order chi connectivity index (χ1) is 12.8. The van der Waals surface area contributed by atoms with Crippen molar-refractivity contribution in [1.29, 1.82) is 0 Å². The lowest BCUT2D eigenvalue weighted by Gasteiger charge is -2.11. The molecule has 1 amide bonds. The van der Waals surface area contributed by atoms with Gasteiger partial charge >= 0.3 is 6.18 Å². The number of nitrogens with zero attached hydrogens (tertiary/aromatic N) is 4. The summed E-state index contributed by atoms with van der Waals surface area (Å²) < 4.78 is 40.3. The minimum atomic E-state index is -4.60. The molecule has 1 aromatic carbocycles. The van der Waals surface area contributed by atoms with Crippen molar-refractivity contribution in [3.05, 3.63) is 59.6 Å². The fourth-order valence-corrected chi connectivity index (χ4v) is 3.10. The molecular formula is C16H11ClF3N5OS. The molecule has 0 unspecified atom stereocenters. The Morgan fingerprint density at radius 3 is 2.81 bits per heavy atom. The first-order valence-electron chi connectivity index (χ1n) is 7.44. The smallest absolute Gasteiger partial charge is 0.325 e. The molecule has 2 heterocycles. The summed E-state index contributed by atoms with van der Waals surface area (Å²) in [5.74, 6) is -0.556. The van der Waals surface area contributed by atoms with E-state index in [1.807, 2.05) is 0 Å². The highest BCUT2D eigenvalue weighted by Gasteiger charge is 2.33. The van der Waals surface area contributed by atoms with E-state index in [1.165, 1.54) is 12.4 Å². The summed E-state index contributed by atoms with van der Waals surface area (Å²) in [6.07, 6.45) is 0.105. The molecule has 6 nitrogen and oxygen atoms in total. The van der Waals surface area contributed by atoms with Crippen LogP contribution in [0.3, 0.4) is 0 Å². The maximum atomic E-state index is 12.9. The van der Waals surface area contributed by atoms with E-state index in [-0.39, 0.29) is 11.4 Å². The molecule has 0 atom stereocenters. The minimum Gasteiger partial charge on any atom is -0.325 e. The van der Waals surface area contributed by atoms with Gasteiger partial charge in [0.1, 0.15) is 6.33 Å². The van der Waals surface area contributed by atoms with Crippen molar-refractivity contribution in [3.63, 3.8) is 0 Å². The highest BCUT2D eigenvalue weighted by molar-refractivity contribution is 7.99. The second-order valence-electron chi connectivity index (χ2n) is 5.22. The largest absolute Gasteiger partial charge is 0.417 e. The highest BCUT2D eigenvalue weighted by atomic mass is 35.5. The summed E-state index contributed by atoms with van der Waals surface area (Å²) in [6, 6.07) is 6.73. The number of halogens is 4. The fraction of sp³-hybridized carbons (Fsp3) is 0.125. The van der Waals surface area contributed by atoms with Crippen molar-refractivity contribution in [3.8, 4) is 5.69 Å². The van der Waals surface area contributed by atoms with Crippen LogP contribution >= 0.6 is 23.4 Å². The van der Waals surface area contributed by atoms with Crippen molar-refractivity contribution in [2.45, 2.75) is 11.3 Å². The molecule has 0 bridgehead atoms. The van der Waals surface area contributed by atoms with Crippen LogP contribution in [-0.2, 0) is 11.0 Å². The van der Waals surface area contributed by atoms with Gasteiger partial charge in [0.25, 0.3) is 0 Å². The predicted octanol–water partition coefficient (Wildman–Crippen LogP) is 4.07. The third-order valence-corrected chi connectivity index (χ3v) is 4.60. The molecule has 0 radical (unpaired) electrons. The Balaban J connectivity index is 1.66. The Labute approximate surface area is 160 Å². The Hall–Kier alpha value is -2.59. The Kier molecular flexibility index (Phi) is 5.66. The predicted molar refractivity (Wildman–Crippen MR) is 95.0 cm³/mol. The normalized spacial score (nSPS) is 11.4. The van der Waals surface area contributed by atoms with Crippen LogP contribution in [0.2, 0.25) is 5.02 Å². The molecule has 0 saturated carbocycles. The molecule has 27 heavy (non-hydrogen) atoms. The Morgan fingerprint density at radius 2 is 2.11 bits per heavy atom. The van der Waals surface area contributed by atoms with Crippen molar-refractivity contribution in [2.24, 2.45) is 0 Å². The van der Waals surface area contributed by atoms with Crippen LogP contribution in [0.25, 0.3) is 5.69 Å². The van der Waals surface area contributed by atoms with Crippen molar-refractivity contribution in [2.75, 3.05) is 11.1 Å². The van der Waals surface area contributed by atoms with Gasteiger partial charge in [0.05, 0.1) is 28.2 Å². The van der Waals surface area contributed by atoms with Gasteiger partial charge in [-0.1, -0.05) is 23.4 Å². The zero-order chi connectivity index (χ0) is 19.4. The van der Waals surface area contributed by atoms with Gasteiger partial charge in [-0.15, -0.1) is 10.2 Å². The number of carbonyl (C=O) groups is 1. The molecule has 140 valence electrons. The molecule has 0 spiro atoms. The van der Waals surface area contributed by atoms with Crippen LogP contribution in [0.1, 0.15) is 5.56 Å². The van der Waals surface area contributed by atoms with Gasteiger partial charge in [-0.25, -0.2) is 0 Å². The maximum Gasteiger partial charge on any atom is 0.417 e. The lowest BCUT2D eigenvalue weighted by molar-refractivity contribution is -0.137. The molecule has 0 saturated heterocycles. The molecule has 11 heteroatoms. The van der Waals surface area contributed by atoms with E-state index in [4.69, 9.17) is 11.6 Å². The van der Waals surface area contributed by atoms with Gasteiger partial charge in [-0.05, 0) is 30.3 Å². The first kappa shape index (κ1) is 19.2. The average Bonchev–Trinajstić information content (AvgIpc) is 3.10. The van der Waals surface area contributed by atoms with Crippen LogP contribution in [0.5, 0.6) is 0 Å². The number of amides is 1. The summed E-state index contributed by atoms with van der Waals surface area (Å²) in [4.78, 5) is 16.1. The van der Waals surface area contributed by atoms with Crippen molar-refractivity contribution < 1.29 is 18.0 Å².